The maximum absolute atomic E-state index is 14.8. The number of nitrogens with zero attached hydrogens (tertiary/aromatic N) is 3. The summed E-state index contributed by atoms with van der Waals surface area (Å²) in [6.07, 6.45) is 6.14. The number of ether oxygens (including phenoxy) is 1. The lowest BCUT2D eigenvalue weighted by atomic mass is 9.58. The summed E-state index contributed by atoms with van der Waals surface area (Å²) < 4.78 is 44.9. The average molecular weight is 641 g/mol. The second-order valence-corrected chi connectivity index (χ2v) is 16.4. The number of nitrogens with one attached hydrogen (secondary N) is 1. The number of sulfone groups is 1. The molecule has 2 aromatic carbocycles. The number of hydrogen-bond donors (Lipinski definition) is 1. The molecule has 246 valence electrons. The zero-order valence-electron chi connectivity index (χ0n) is 27.0. The summed E-state index contributed by atoms with van der Waals surface area (Å²) in [6, 6.07) is 14.6. The predicted octanol–water partition coefficient (Wildman–Crippen LogP) is 4.93. The summed E-state index contributed by atoms with van der Waals surface area (Å²) >= 11 is 0. The molecule has 2 aliphatic heterocycles. The molecule has 0 aromatic heterocycles. The molecule has 2 saturated heterocycles. The van der Waals surface area contributed by atoms with Crippen molar-refractivity contribution in [2.45, 2.75) is 66.5 Å². The van der Waals surface area contributed by atoms with Gasteiger partial charge >= 0.3 is 6.09 Å². The van der Waals surface area contributed by atoms with Crippen LogP contribution in [0.3, 0.4) is 0 Å². The number of alkyl carbamates (subject to hydrolysis) is 1. The molecular formula is C35H49FN4O4S. The van der Waals surface area contributed by atoms with Crippen molar-refractivity contribution in [3.63, 3.8) is 0 Å². The van der Waals surface area contributed by atoms with Crippen LogP contribution in [0.4, 0.5) is 14.9 Å². The Kier molecular flexibility index (Phi) is 9.46. The van der Waals surface area contributed by atoms with Crippen molar-refractivity contribution in [2.24, 2.45) is 17.8 Å². The summed E-state index contributed by atoms with van der Waals surface area (Å²) in [6.45, 7) is 5.80. The summed E-state index contributed by atoms with van der Waals surface area (Å²) in [5.74, 6) is 0.904. The van der Waals surface area contributed by atoms with Crippen LogP contribution < -0.4 is 10.2 Å². The molecule has 1 unspecified atom stereocenters. The predicted molar refractivity (Wildman–Crippen MR) is 175 cm³/mol. The molecule has 0 radical (unpaired) electrons. The topological polar surface area (TPSA) is 82.2 Å². The van der Waals surface area contributed by atoms with Crippen LogP contribution in [0.2, 0.25) is 0 Å². The lowest BCUT2D eigenvalue weighted by molar-refractivity contribution is 0.0488. The number of benzene rings is 2. The van der Waals surface area contributed by atoms with Gasteiger partial charge in [0, 0.05) is 49.2 Å². The van der Waals surface area contributed by atoms with Crippen LogP contribution >= 0.6 is 0 Å². The van der Waals surface area contributed by atoms with Gasteiger partial charge in [-0.05, 0) is 120 Å². The van der Waals surface area contributed by atoms with Crippen LogP contribution in [-0.4, -0.2) is 96.1 Å². The van der Waals surface area contributed by atoms with Gasteiger partial charge in [0.05, 0.1) is 17.3 Å². The molecule has 10 heteroatoms. The third kappa shape index (κ3) is 6.74. The minimum absolute atomic E-state index is 0.0115. The molecule has 3 atom stereocenters. The Morgan fingerprint density at radius 1 is 1.02 bits per heavy atom. The van der Waals surface area contributed by atoms with Crippen molar-refractivity contribution >= 4 is 21.6 Å². The third-order valence-corrected chi connectivity index (χ3v) is 13.2. The molecule has 45 heavy (non-hydrogen) atoms. The standard InChI is InChI=1S/C35H49FN4O4S/c1-38(2)24-35(27-6-4-7-28(36)20-27,32-8-5-9-33(32)37-34(41)44-3)26-16-18-39(19-17-26)21-25-22-40(23-25)29-10-12-30(13-11-29)45(42,43)31-14-15-31/h4,6-7,10-13,20,25-26,31-33H,5,8-9,14-19,21-24H2,1-3H3,(H,37,41)/t32-,33-,35?/m0/s1. The van der Waals surface area contributed by atoms with Gasteiger partial charge in [-0.15, -0.1) is 0 Å². The van der Waals surface area contributed by atoms with E-state index in [0.29, 0.717) is 16.7 Å². The van der Waals surface area contributed by atoms with E-state index in [0.717, 1.165) is 95.5 Å². The largest absolute Gasteiger partial charge is 0.453 e. The molecule has 4 fully saturated rings. The van der Waals surface area contributed by atoms with Gasteiger partial charge in [-0.3, -0.25) is 0 Å². The molecule has 4 aliphatic rings. The summed E-state index contributed by atoms with van der Waals surface area (Å²) in [7, 11) is 2.46. The van der Waals surface area contributed by atoms with E-state index in [4.69, 9.17) is 4.74 Å². The number of piperidine rings is 1. The number of rotatable bonds is 11. The fraction of sp³-hybridized carbons (Fsp3) is 0.629. The SMILES string of the molecule is COC(=O)N[C@H]1CCC[C@@H]1C(CN(C)C)(c1cccc(F)c1)C1CCN(CC2CN(c3ccc(S(=O)(=O)C4CC4)cc3)C2)CC1. The molecule has 2 saturated carbocycles. The summed E-state index contributed by atoms with van der Waals surface area (Å²) in [5, 5.41) is 2.97. The molecule has 0 spiro atoms. The van der Waals surface area contributed by atoms with E-state index in [1.54, 1.807) is 18.2 Å². The molecule has 2 heterocycles. The minimum Gasteiger partial charge on any atom is -0.453 e. The first kappa shape index (κ1) is 32.3. The van der Waals surface area contributed by atoms with E-state index in [-0.39, 0.29) is 28.4 Å². The van der Waals surface area contributed by atoms with Gasteiger partial charge in [0.25, 0.3) is 0 Å². The Labute approximate surface area is 268 Å². The maximum Gasteiger partial charge on any atom is 0.407 e. The van der Waals surface area contributed by atoms with Crippen LogP contribution in [0.5, 0.6) is 0 Å². The monoisotopic (exact) mass is 640 g/mol. The van der Waals surface area contributed by atoms with Gasteiger partial charge in [0.15, 0.2) is 9.84 Å². The van der Waals surface area contributed by atoms with Gasteiger partial charge < -0.3 is 24.8 Å². The van der Waals surface area contributed by atoms with E-state index < -0.39 is 15.9 Å². The zero-order chi connectivity index (χ0) is 31.8. The van der Waals surface area contributed by atoms with Crippen molar-refractivity contribution in [2.75, 3.05) is 65.4 Å². The highest BCUT2D eigenvalue weighted by Gasteiger charge is 2.52. The van der Waals surface area contributed by atoms with E-state index in [9.17, 15) is 17.6 Å². The number of anilines is 1. The normalized spacial score (nSPS) is 24.8. The van der Waals surface area contributed by atoms with Crippen LogP contribution in [0.15, 0.2) is 53.4 Å². The quantitative estimate of drug-likeness (QED) is 0.373. The molecule has 1 N–H and O–H groups in total. The fourth-order valence-electron chi connectivity index (χ4n) is 8.66. The highest BCUT2D eigenvalue weighted by atomic mass is 32.2. The number of carbonyl (C=O) groups excluding carboxylic acids is 1. The second kappa shape index (κ2) is 13.2. The van der Waals surface area contributed by atoms with Crippen molar-refractivity contribution in [3.05, 3.63) is 59.9 Å². The van der Waals surface area contributed by atoms with E-state index in [1.807, 2.05) is 18.2 Å². The van der Waals surface area contributed by atoms with Crippen LogP contribution in [0, 0.1) is 23.6 Å². The highest BCUT2D eigenvalue weighted by molar-refractivity contribution is 7.92. The van der Waals surface area contributed by atoms with Crippen LogP contribution in [0.25, 0.3) is 0 Å². The van der Waals surface area contributed by atoms with Crippen LogP contribution in [-0.2, 0) is 20.0 Å². The number of hydrogen-bond acceptors (Lipinski definition) is 7. The number of likely N-dealkylation sites (tertiary alicyclic amines) is 1. The maximum atomic E-state index is 14.8. The summed E-state index contributed by atoms with van der Waals surface area (Å²) in [4.78, 5) is 20.0. The number of likely N-dealkylation sites (N-methyl/N-ethyl adjacent to an activating group) is 1. The van der Waals surface area contributed by atoms with Crippen molar-refractivity contribution in [1.82, 2.24) is 15.1 Å². The van der Waals surface area contributed by atoms with Crippen molar-refractivity contribution < 1.29 is 22.3 Å². The third-order valence-electron chi connectivity index (χ3n) is 10.9. The van der Waals surface area contributed by atoms with Gasteiger partial charge in [0.2, 0.25) is 0 Å². The Morgan fingerprint density at radius 2 is 1.73 bits per heavy atom. The molecule has 8 nitrogen and oxygen atoms in total. The number of amides is 1. The van der Waals surface area contributed by atoms with Gasteiger partial charge in [-0.25, -0.2) is 17.6 Å². The smallest absolute Gasteiger partial charge is 0.407 e. The van der Waals surface area contributed by atoms with Crippen molar-refractivity contribution in [1.29, 1.82) is 0 Å². The molecular weight excluding hydrogens is 591 g/mol. The Bertz CT molecular complexity index is 1440. The molecule has 2 aliphatic carbocycles. The number of carbonyl (C=O) groups is 1. The Morgan fingerprint density at radius 3 is 2.36 bits per heavy atom. The minimum atomic E-state index is -3.15. The van der Waals surface area contributed by atoms with Crippen LogP contribution in [0.1, 0.15) is 50.5 Å². The van der Waals surface area contributed by atoms with Crippen molar-refractivity contribution in [3.8, 4) is 0 Å². The lowest BCUT2D eigenvalue weighted by Crippen LogP contribution is -2.58. The Hall–Kier alpha value is -2.69. The fourth-order valence-corrected chi connectivity index (χ4v) is 10.3. The molecule has 1 amide bonds. The van der Waals surface area contributed by atoms with Gasteiger partial charge in [-0.2, -0.15) is 0 Å². The Balaban J connectivity index is 1.12. The second-order valence-electron chi connectivity index (χ2n) is 14.2. The lowest BCUT2D eigenvalue weighted by Gasteiger charge is -2.52. The highest BCUT2D eigenvalue weighted by Crippen LogP contribution is 2.51. The zero-order valence-corrected chi connectivity index (χ0v) is 27.8. The first-order chi connectivity index (χ1) is 21.6. The first-order valence-electron chi connectivity index (χ1n) is 16.7. The molecule has 6 rings (SSSR count). The number of methoxy groups -OCH3 is 1. The molecule has 0 bridgehead atoms. The summed E-state index contributed by atoms with van der Waals surface area (Å²) in [5.41, 5.74) is 1.84. The van der Waals surface area contributed by atoms with E-state index in [2.05, 4.69) is 40.2 Å². The average Bonchev–Trinajstić information content (AvgIpc) is 3.78. The first-order valence-corrected chi connectivity index (χ1v) is 18.2. The van der Waals surface area contributed by atoms with E-state index >= 15 is 0 Å². The van der Waals surface area contributed by atoms with Gasteiger partial charge in [0.1, 0.15) is 5.82 Å². The molecule has 2 aromatic rings. The number of halogens is 1. The van der Waals surface area contributed by atoms with E-state index in [1.165, 1.54) is 13.2 Å². The van der Waals surface area contributed by atoms with Gasteiger partial charge in [-0.1, -0.05) is 18.6 Å².